The van der Waals surface area contributed by atoms with Crippen molar-refractivity contribution in [2.45, 2.75) is 118 Å². The van der Waals surface area contributed by atoms with Gasteiger partial charge in [0.05, 0.1) is 12.2 Å². The summed E-state index contributed by atoms with van der Waals surface area (Å²) in [5.41, 5.74) is -1.05. The molecule has 10 atom stereocenters. The summed E-state index contributed by atoms with van der Waals surface area (Å²) in [6.45, 7) is 21.8. The molecule has 0 N–H and O–H groups in total. The zero-order chi connectivity index (χ0) is 37.5. The maximum atomic E-state index is 13.4. The van der Waals surface area contributed by atoms with Crippen LogP contribution in [-0.4, -0.2) is 60.0 Å². The van der Waals surface area contributed by atoms with Gasteiger partial charge in [0.2, 0.25) is 11.6 Å². The quantitative estimate of drug-likeness (QED) is 0.181. The van der Waals surface area contributed by atoms with Gasteiger partial charge in [0.1, 0.15) is 23.9 Å². The van der Waals surface area contributed by atoms with Gasteiger partial charge in [0.15, 0.2) is 0 Å². The monoisotopic (exact) mass is 702 g/mol. The van der Waals surface area contributed by atoms with E-state index in [-0.39, 0.29) is 42.7 Å². The van der Waals surface area contributed by atoms with Crippen LogP contribution in [0.5, 0.6) is 0 Å². The van der Waals surface area contributed by atoms with Crippen LogP contribution in [0.2, 0.25) is 0 Å². The summed E-state index contributed by atoms with van der Waals surface area (Å²) in [6, 6.07) is 8.87. The van der Waals surface area contributed by atoms with Crippen LogP contribution < -0.4 is 0 Å². The molecule has 4 aliphatic carbocycles. The van der Waals surface area contributed by atoms with Crippen molar-refractivity contribution in [3.63, 3.8) is 0 Å². The molecular formula is C42H54O9. The fraction of sp³-hybridized carbons (Fsp3) is 0.643. The number of allylic oxidation sites excluding steroid dienone is 2. The molecule has 10 unspecified atom stereocenters. The standard InChI is InChI=1S/C42H54O9/c1-23-18-31-40(8,35(23)27-19-28(45)36(46)39(6,7)48-22-27)17-16-29-41(9)30(20-33(42(29,31)10)49-24(2)43)38(4,5)32(21-34(41)50-25(3)44)51-37(47)26-14-12-11-13-15-26/h11-15,18,27,29-30,32-35H,1,16-17,19-22H2,2-10H3. The van der Waals surface area contributed by atoms with Crippen molar-refractivity contribution in [2.24, 2.45) is 45.3 Å². The number of ether oxygens (including phenoxy) is 4. The Labute approximate surface area is 301 Å². The highest BCUT2D eigenvalue weighted by atomic mass is 16.6. The third kappa shape index (κ3) is 5.73. The number of fused-ring (bicyclic) bond motifs is 5. The second kappa shape index (κ2) is 12.5. The summed E-state index contributed by atoms with van der Waals surface area (Å²) in [5, 5.41) is 0. The first kappa shape index (κ1) is 37.2. The molecule has 0 radical (unpaired) electrons. The van der Waals surface area contributed by atoms with Gasteiger partial charge in [0, 0.05) is 42.9 Å². The van der Waals surface area contributed by atoms with Crippen LogP contribution in [0, 0.1) is 45.3 Å². The van der Waals surface area contributed by atoms with Gasteiger partial charge in [-0.3, -0.25) is 19.2 Å². The third-order valence-corrected chi connectivity index (χ3v) is 14.0. The normalized spacial score (nSPS) is 39.7. The Hall–Kier alpha value is -3.59. The van der Waals surface area contributed by atoms with Gasteiger partial charge in [-0.15, -0.1) is 0 Å². The van der Waals surface area contributed by atoms with Gasteiger partial charge in [-0.25, -0.2) is 4.79 Å². The van der Waals surface area contributed by atoms with Gasteiger partial charge in [-0.2, -0.15) is 0 Å². The van der Waals surface area contributed by atoms with E-state index in [1.165, 1.54) is 13.8 Å². The fourth-order valence-corrected chi connectivity index (χ4v) is 11.7. The molecule has 1 heterocycles. The molecule has 0 spiro atoms. The van der Waals surface area contributed by atoms with Crippen molar-refractivity contribution in [1.29, 1.82) is 0 Å². The second-order valence-electron chi connectivity index (χ2n) is 17.6. The topological polar surface area (TPSA) is 122 Å². The third-order valence-electron chi connectivity index (χ3n) is 14.0. The highest BCUT2D eigenvalue weighted by molar-refractivity contribution is 6.40. The van der Waals surface area contributed by atoms with Gasteiger partial charge in [-0.1, -0.05) is 76.6 Å². The minimum absolute atomic E-state index is 0.0851. The molecule has 1 aliphatic heterocycles. The average Bonchev–Trinajstić information content (AvgIpc) is 3.27. The van der Waals surface area contributed by atoms with E-state index in [1.54, 1.807) is 38.1 Å². The number of hydrogen-bond donors (Lipinski definition) is 0. The van der Waals surface area contributed by atoms with Gasteiger partial charge >= 0.3 is 17.9 Å². The molecule has 3 saturated carbocycles. The number of benzene rings is 1. The summed E-state index contributed by atoms with van der Waals surface area (Å²) in [6.07, 6.45) is 2.83. The van der Waals surface area contributed by atoms with Crippen molar-refractivity contribution in [2.75, 3.05) is 6.61 Å². The van der Waals surface area contributed by atoms with Crippen LogP contribution in [0.4, 0.5) is 0 Å². The Morgan fingerprint density at radius 3 is 2.08 bits per heavy atom. The van der Waals surface area contributed by atoms with Crippen LogP contribution in [-0.2, 0) is 38.1 Å². The molecule has 1 saturated heterocycles. The van der Waals surface area contributed by atoms with Gasteiger partial charge < -0.3 is 18.9 Å². The Bertz CT molecular complexity index is 1690. The Morgan fingerprint density at radius 2 is 1.45 bits per heavy atom. The number of carbonyl (C=O) groups excluding carboxylic acids is 5. The lowest BCUT2D eigenvalue weighted by Crippen LogP contribution is -2.70. The van der Waals surface area contributed by atoms with Crippen LogP contribution >= 0.6 is 0 Å². The van der Waals surface area contributed by atoms with E-state index >= 15 is 0 Å². The van der Waals surface area contributed by atoms with Crippen LogP contribution in [0.15, 0.2) is 54.1 Å². The van der Waals surface area contributed by atoms with E-state index in [4.69, 9.17) is 18.9 Å². The maximum absolute atomic E-state index is 13.4. The summed E-state index contributed by atoms with van der Waals surface area (Å²) in [7, 11) is 0. The Morgan fingerprint density at radius 1 is 0.824 bits per heavy atom. The highest BCUT2D eigenvalue weighted by Crippen LogP contribution is 2.74. The van der Waals surface area contributed by atoms with E-state index in [2.05, 4.69) is 47.3 Å². The first-order chi connectivity index (χ1) is 23.7. The number of Topliss-reactive ketones (excluding diaryl/α,β-unsaturated/α-hetero) is 2. The lowest BCUT2D eigenvalue weighted by Gasteiger charge is -2.70. The number of hydrogen-bond acceptors (Lipinski definition) is 9. The first-order valence-corrected chi connectivity index (χ1v) is 18.4. The predicted octanol–water partition coefficient (Wildman–Crippen LogP) is 7.02. The van der Waals surface area contributed by atoms with Crippen LogP contribution in [0.3, 0.4) is 0 Å². The zero-order valence-electron chi connectivity index (χ0n) is 31.6. The highest BCUT2D eigenvalue weighted by Gasteiger charge is 2.73. The molecule has 0 aromatic heterocycles. The molecule has 5 aliphatic rings. The van der Waals surface area contributed by atoms with Crippen molar-refractivity contribution >= 4 is 29.5 Å². The second-order valence-corrected chi connectivity index (χ2v) is 17.6. The number of rotatable bonds is 5. The smallest absolute Gasteiger partial charge is 0.338 e. The molecule has 1 aromatic rings. The molecule has 9 nitrogen and oxygen atoms in total. The minimum atomic E-state index is -1.19. The van der Waals surface area contributed by atoms with E-state index in [0.29, 0.717) is 18.4 Å². The summed E-state index contributed by atoms with van der Waals surface area (Å²) in [5.74, 6) is -2.82. The van der Waals surface area contributed by atoms with Crippen molar-refractivity contribution < 1.29 is 42.9 Å². The molecule has 4 fully saturated rings. The maximum Gasteiger partial charge on any atom is 0.338 e. The fourth-order valence-electron chi connectivity index (χ4n) is 11.7. The van der Waals surface area contributed by atoms with E-state index in [1.807, 2.05) is 6.07 Å². The molecule has 6 rings (SSSR count). The predicted molar refractivity (Wildman–Crippen MR) is 189 cm³/mol. The number of esters is 3. The first-order valence-electron chi connectivity index (χ1n) is 18.4. The Balaban J connectivity index is 1.42. The summed E-state index contributed by atoms with van der Waals surface area (Å²) < 4.78 is 25.0. The molecule has 51 heavy (non-hydrogen) atoms. The lowest BCUT2D eigenvalue weighted by molar-refractivity contribution is -0.259. The lowest BCUT2D eigenvalue weighted by atomic mass is 9.36. The number of carbonyl (C=O) groups is 5. The van der Waals surface area contributed by atoms with Crippen LogP contribution in [0.1, 0.15) is 105 Å². The SMILES string of the molecule is C=C1C=C2C(C)(CCC3C2(C)C(OC(C)=O)CC2C(C)(C)C(OC(=O)c4ccccc4)CC(OC(C)=O)C23C)C1C1COC(C)(C)C(=O)C(=O)C1. The number of ketones is 2. The molecular weight excluding hydrogens is 648 g/mol. The molecule has 276 valence electrons. The zero-order valence-corrected chi connectivity index (χ0v) is 31.6. The van der Waals surface area contributed by atoms with Crippen molar-refractivity contribution in [3.8, 4) is 0 Å². The van der Waals surface area contributed by atoms with Crippen molar-refractivity contribution in [1.82, 2.24) is 0 Å². The van der Waals surface area contributed by atoms with Crippen molar-refractivity contribution in [3.05, 3.63) is 59.7 Å². The largest absolute Gasteiger partial charge is 0.462 e. The molecule has 0 amide bonds. The summed E-state index contributed by atoms with van der Waals surface area (Å²) >= 11 is 0. The van der Waals surface area contributed by atoms with Crippen LogP contribution in [0.25, 0.3) is 0 Å². The van der Waals surface area contributed by atoms with E-state index in [9.17, 15) is 24.0 Å². The molecule has 0 bridgehead atoms. The van der Waals surface area contributed by atoms with E-state index < -0.39 is 69.1 Å². The summed E-state index contributed by atoms with van der Waals surface area (Å²) in [4.78, 5) is 65.3. The molecule has 9 heteroatoms. The average molecular weight is 703 g/mol. The van der Waals surface area contributed by atoms with E-state index in [0.717, 1.165) is 24.0 Å². The van der Waals surface area contributed by atoms with Gasteiger partial charge in [0.25, 0.3) is 0 Å². The molecule has 1 aromatic carbocycles. The van der Waals surface area contributed by atoms with Gasteiger partial charge in [-0.05, 0) is 74.3 Å². The minimum Gasteiger partial charge on any atom is -0.462 e. The Kier molecular flexibility index (Phi) is 9.13.